The van der Waals surface area contributed by atoms with Crippen LogP contribution in [-0.2, 0) is 27.9 Å². The second-order valence-corrected chi connectivity index (χ2v) is 21.9. The van der Waals surface area contributed by atoms with E-state index in [2.05, 4.69) is 38.2 Å². The first-order valence-electron chi connectivity index (χ1n) is 28.2. The van der Waals surface area contributed by atoms with Crippen molar-refractivity contribution in [2.45, 2.75) is 283 Å². The molecule has 390 valence electrons. The number of ether oxygens (including phenoxy) is 1. The van der Waals surface area contributed by atoms with Crippen LogP contribution in [0.15, 0.2) is 24.3 Å². The first kappa shape index (κ1) is 64.5. The van der Waals surface area contributed by atoms with Crippen LogP contribution in [0.3, 0.4) is 0 Å². The van der Waals surface area contributed by atoms with Crippen LogP contribution in [0.2, 0.25) is 0 Å². The van der Waals surface area contributed by atoms with Gasteiger partial charge in [0.1, 0.15) is 19.3 Å². The summed E-state index contributed by atoms with van der Waals surface area (Å²) in [5.74, 6) is -0.505. The number of unbranched alkanes of at least 4 members (excludes halogenated alkanes) is 33. The standard InChI is InChI=1S/C56H109N2O7P/c1-7-10-13-16-19-22-25-27-28-29-31-34-36-39-42-45-48-55(59)57-53(52-64-66(61,62)63-51-50-58(4,5)6)54(47-44-41-38-35-33-30-26-23-20-17-14-11-8-2)65-56(60)49-46-43-40-37-32-24-21-18-15-12-9-3/h28-29,44,47,53-54H,7-27,30-43,45-46,48-52H2,1-6H3,(H-,57,59,61,62)/p+1/b29-28+,47-44+. The number of phosphoric ester groups is 1. The van der Waals surface area contributed by atoms with Gasteiger partial charge in [-0.25, -0.2) is 4.57 Å². The van der Waals surface area contributed by atoms with Gasteiger partial charge in [-0.2, -0.15) is 0 Å². The summed E-state index contributed by atoms with van der Waals surface area (Å²) in [4.78, 5) is 37.5. The lowest BCUT2D eigenvalue weighted by Gasteiger charge is -2.27. The second kappa shape index (κ2) is 47.2. The predicted molar refractivity (Wildman–Crippen MR) is 282 cm³/mol. The van der Waals surface area contributed by atoms with E-state index in [1.54, 1.807) is 0 Å². The Bertz CT molecular complexity index is 1190. The molecule has 0 aliphatic carbocycles. The molecular weight excluding hydrogens is 844 g/mol. The zero-order valence-electron chi connectivity index (χ0n) is 44.5. The molecule has 0 spiro atoms. The summed E-state index contributed by atoms with van der Waals surface area (Å²) >= 11 is 0. The van der Waals surface area contributed by atoms with Gasteiger partial charge < -0.3 is 19.4 Å². The molecular formula is C56H110N2O7P+. The molecule has 9 nitrogen and oxygen atoms in total. The van der Waals surface area contributed by atoms with E-state index in [1.807, 2.05) is 33.3 Å². The largest absolute Gasteiger partial charge is 0.472 e. The van der Waals surface area contributed by atoms with Gasteiger partial charge in [0.15, 0.2) is 0 Å². The van der Waals surface area contributed by atoms with Gasteiger partial charge in [0.2, 0.25) is 5.91 Å². The molecule has 0 fully saturated rings. The number of carbonyl (C=O) groups is 2. The summed E-state index contributed by atoms with van der Waals surface area (Å²) in [7, 11) is 1.50. The summed E-state index contributed by atoms with van der Waals surface area (Å²) < 4.78 is 30.6. The Hall–Kier alpha value is -1.51. The minimum Gasteiger partial charge on any atom is -0.456 e. The van der Waals surface area contributed by atoms with Crippen molar-refractivity contribution in [3.8, 4) is 0 Å². The number of nitrogens with one attached hydrogen (secondary N) is 1. The monoisotopic (exact) mass is 954 g/mol. The number of nitrogens with zero attached hydrogens (tertiary/aromatic N) is 1. The molecule has 0 aliphatic rings. The van der Waals surface area contributed by atoms with Crippen LogP contribution >= 0.6 is 7.82 Å². The summed E-state index contributed by atoms with van der Waals surface area (Å²) in [6, 6.07) is -0.845. The number of phosphoric acid groups is 1. The highest BCUT2D eigenvalue weighted by atomic mass is 31.2. The average Bonchev–Trinajstić information content (AvgIpc) is 3.27. The number of esters is 1. The predicted octanol–water partition coefficient (Wildman–Crippen LogP) is 16.6. The SMILES string of the molecule is CCCCCCCCC/C=C/CCCCCCCC(=O)NC(COP(=O)(O)OCC[N+](C)(C)C)C(/C=C/CCCCCCCCCCCCC)OC(=O)CCCCCCCCCCCCC. The summed E-state index contributed by atoms with van der Waals surface area (Å²) in [5.41, 5.74) is 0. The normalized spacial score (nSPS) is 14.0. The molecule has 0 saturated heterocycles. The van der Waals surface area contributed by atoms with Crippen molar-refractivity contribution >= 4 is 19.7 Å². The smallest absolute Gasteiger partial charge is 0.456 e. The Morgan fingerprint density at radius 1 is 0.515 bits per heavy atom. The van der Waals surface area contributed by atoms with Crippen molar-refractivity contribution in [3.05, 3.63) is 24.3 Å². The van der Waals surface area contributed by atoms with Gasteiger partial charge in [-0.15, -0.1) is 0 Å². The Labute approximate surface area is 409 Å². The summed E-state index contributed by atoms with van der Waals surface area (Å²) in [6.07, 6.45) is 53.1. The zero-order valence-corrected chi connectivity index (χ0v) is 45.3. The minimum atomic E-state index is -4.44. The molecule has 0 rings (SSSR count). The van der Waals surface area contributed by atoms with Crippen LogP contribution in [0, 0.1) is 0 Å². The molecule has 0 aromatic carbocycles. The highest BCUT2D eigenvalue weighted by Gasteiger charge is 2.30. The third-order valence-corrected chi connectivity index (χ3v) is 13.6. The van der Waals surface area contributed by atoms with E-state index in [1.165, 1.54) is 161 Å². The van der Waals surface area contributed by atoms with Crippen LogP contribution in [0.5, 0.6) is 0 Å². The van der Waals surface area contributed by atoms with E-state index in [0.29, 0.717) is 23.9 Å². The van der Waals surface area contributed by atoms with Crippen LogP contribution in [0.25, 0.3) is 0 Å². The van der Waals surface area contributed by atoms with E-state index in [4.69, 9.17) is 13.8 Å². The number of amides is 1. The Morgan fingerprint density at radius 3 is 1.29 bits per heavy atom. The molecule has 0 aliphatic heterocycles. The third-order valence-electron chi connectivity index (χ3n) is 12.6. The van der Waals surface area contributed by atoms with Crippen molar-refractivity contribution in [3.63, 3.8) is 0 Å². The molecule has 3 unspecified atom stereocenters. The van der Waals surface area contributed by atoms with Gasteiger partial charge in [-0.1, -0.05) is 225 Å². The lowest BCUT2D eigenvalue weighted by molar-refractivity contribution is -0.870. The van der Waals surface area contributed by atoms with Gasteiger partial charge in [-0.3, -0.25) is 18.6 Å². The highest BCUT2D eigenvalue weighted by molar-refractivity contribution is 7.47. The average molecular weight is 954 g/mol. The topological polar surface area (TPSA) is 111 Å². The Balaban J connectivity index is 5.36. The number of hydrogen-bond donors (Lipinski definition) is 2. The van der Waals surface area contributed by atoms with Crippen molar-refractivity contribution in [1.82, 2.24) is 5.32 Å². The fourth-order valence-corrected chi connectivity index (χ4v) is 8.96. The number of hydrogen-bond acceptors (Lipinski definition) is 6. The number of quaternary nitrogens is 1. The quantitative estimate of drug-likeness (QED) is 0.0205. The summed E-state index contributed by atoms with van der Waals surface area (Å²) in [5, 5.41) is 3.04. The fraction of sp³-hybridized carbons (Fsp3) is 0.893. The molecule has 1 amide bonds. The van der Waals surface area contributed by atoms with Gasteiger partial charge >= 0.3 is 13.8 Å². The van der Waals surface area contributed by atoms with Crippen molar-refractivity contribution in [2.75, 3.05) is 40.9 Å². The summed E-state index contributed by atoms with van der Waals surface area (Å²) in [6.45, 7) is 7.01. The molecule has 0 radical (unpaired) electrons. The van der Waals surface area contributed by atoms with E-state index in [0.717, 1.165) is 77.0 Å². The maximum Gasteiger partial charge on any atom is 0.472 e. The molecule has 2 N–H and O–H groups in total. The molecule has 0 heterocycles. The molecule has 0 saturated carbocycles. The lowest BCUT2D eigenvalue weighted by atomic mass is 10.0. The molecule has 0 aromatic rings. The van der Waals surface area contributed by atoms with Crippen LogP contribution in [-0.4, -0.2) is 74.3 Å². The zero-order chi connectivity index (χ0) is 48.7. The number of likely N-dealkylation sites (N-methyl/N-ethyl adjacent to an activating group) is 1. The maximum atomic E-state index is 13.5. The lowest BCUT2D eigenvalue weighted by Crippen LogP contribution is -2.47. The minimum absolute atomic E-state index is 0.0417. The number of carbonyl (C=O) groups excluding carboxylic acids is 2. The number of allylic oxidation sites excluding steroid dienone is 3. The van der Waals surface area contributed by atoms with Gasteiger partial charge in [0.05, 0.1) is 33.8 Å². The van der Waals surface area contributed by atoms with Gasteiger partial charge in [-0.05, 0) is 57.4 Å². The first-order valence-corrected chi connectivity index (χ1v) is 29.7. The van der Waals surface area contributed by atoms with E-state index in [-0.39, 0.29) is 25.1 Å². The molecule has 0 bridgehead atoms. The van der Waals surface area contributed by atoms with Crippen LogP contribution in [0.4, 0.5) is 0 Å². The van der Waals surface area contributed by atoms with Crippen molar-refractivity contribution < 1.29 is 37.3 Å². The van der Waals surface area contributed by atoms with E-state index in [9.17, 15) is 19.0 Å². The fourth-order valence-electron chi connectivity index (χ4n) is 8.23. The van der Waals surface area contributed by atoms with Crippen molar-refractivity contribution in [2.24, 2.45) is 0 Å². The molecule has 10 heteroatoms. The Kier molecular flexibility index (Phi) is 46.1. The first-order chi connectivity index (χ1) is 31.9. The third kappa shape index (κ3) is 47.6. The maximum absolute atomic E-state index is 13.5. The van der Waals surface area contributed by atoms with E-state index < -0.39 is 20.0 Å². The highest BCUT2D eigenvalue weighted by Crippen LogP contribution is 2.43. The Morgan fingerprint density at radius 2 is 0.879 bits per heavy atom. The molecule has 3 atom stereocenters. The van der Waals surface area contributed by atoms with Gasteiger partial charge in [0, 0.05) is 12.8 Å². The van der Waals surface area contributed by atoms with Crippen LogP contribution in [0.1, 0.15) is 271 Å². The van der Waals surface area contributed by atoms with Crippen LogP contribution < -0.4 is 5.32 Å². The number of rotatable bonds is 51. The molecule has 66 heavy (non-hydrogen) atoms. The van der Waals surface area contributed by atoms with Gasteiger partial charge in [0.25, 0.3) is 0 Å². The van der Waals surface area contributed by atoms with Crippen molar-refractivity contribution in [1.29, 1.82) is 0 Å². The molecule has 0 aromatic heterocycles. The van der Waals surface area contributed by atoms with E-state index >= 15 is 0 Å². The second-order valence-electron chi connectivity index (χ2n) is 20.5.